The molecule has 0 aliphatic heterocycles. The minimum atomic E-state index is -0.819. The molecule has 0 heterocycles. The standard InChI is InChI=1S/C29H49N3O4S/c1-11-12-13-17-32(26(34)23(16-18-37-10)30-27(35)36-29(7,8)9)24(25(33)31-28(4,5)6)22-15-14-20(2)21(3)19-22/h14-15,19,23-24H,11-13,16-18H2,1-10H3,(H,30,35)(H,31,33). The molecule has 210 valence electrons. The molecule has 0 bridgehead atoms. The molecule has 0 aliphatic rings. The van der Waals surface area contributed by atoms with Gasteiger partial charge in [0.1, 0.15) is 17.7 Å². The summed E-state index contributed by atoms with van der Waals surface area (Å²) in [5.41, 5.74) is 1.77. The molecular weight excluding hydrogens is 486 g/mol. The number of hydrogen-bond donors (Lipinski definition) is 2. The lowest BCUT2D eigenvalue weighted by Gasteiger charge is -2.36. The Morgan fingerprint density at radius 3 is 2.19 bits per heavy atom. The van der Waals surface area contributed by atoms with Crippen LogP contribution in [0.2, 0.25) is 0 Å². The Kier molecular flexibility index (Phi) is 13.0. The Morgan fingerprint density at radius 1 is 1.03 bits per heavy atom. The molecule has 2 unspecified atom stereocenters. The van der Waals surface area contributed by atoms with Crippen molar-refractivity contribution in [1.82, 2.24) is 15.5 Å². The lowest BCUT2D eigenvalue weighted by molar-refractivity contribution is -0.143. The molecule has 3 amide bonds. The van der Waals surface area contributed by atoms with E-state index in [1.54, 1.807) is 37.4 Å². The first kappa shape index (κ1) is 32.8. The number of carbonyl (C=O) groups excluding carboxylic acids is 3. The van der Waals surface area contributed by atoms with Gasteiger partial charge in [0.2, 0.25) is 11.8 Å². The molecule has 0 aromatic heterocycles. The second-order valence-corrected chi connectivity index (χ2v) is 12.7. The zero-order chi connectivity index (χ0) is 28.4. The van der Waals surface area contributed by atoms with E-state index in [4.69, 9.17) is 4.74 Å². The average Bonchev–Trinajstić information content (AvgIpc) is 2.75. The lowest BCUT2D eigenvalue weighted by atomic mass is 9.96. The molecule has 8 heteroatoms. The van der Waals surface area contributed by atoms with E-state index < -0.39 is 29.3 Å². The van der Waals surface area contributed by atoms with Gasteiger partial charge in [0.15, 0.2) is 0 Å². The van der Waals surface area contributed by atoms with E-state index in [1.165, 1.54) is 0 Å². The van der Waals surface area contributed by atoms with Crippen LogP contribution in [0.4, 0.5) is 4.79 Å². The van der Waals surface area contributed by atoms with Gasteiger partial charge in [-0.05, 0) is 96.9 Å². The summed E-state index contributed by atoms with van der Waals surface area (Å²) in [6.45, 7) is 17.7. The van der Waals surface area contributed by atoms with Gasteiger partial charge in [0.05, 0.1) is 0 Å². The van der Waals surface area contributed by atoms with Gasteiger partial charge in [0, 0.05) is 12.1 Å². The number of aryl methyl sites for hydroxylation is 2. The maximum absolute atomic E-state index is 14.1. The van der Waals surface area contributed by atoms with Crippen molar-refractivity contribution in [3.8, 4) is 0 Å². The highest BCUT2D eigenvalue weighted by molar-refractivity contribution is 7.98. The lowest BCUT2D eigenvalue weighted by Crippen LogP contribution is -2.55. The Morgan fingerprint density at radius 2 is 1.68 bits per heavy atom. The number of thioether (sulfide) groups is 1. The quantitative estimate of drug-likeness (QED) is 0.324. The molecule has 0 aliphatic carbocycles. The molecule has 0 saturated carbocycles. The van der Waals surface area contributed by atoms with E-state index in [9.17, 15) is 14.4 Å². The van der Waals surface area contributed by atoms with Gasteiger partial charge >= 0.3 is 6.09 Å². The average molecular weight is 536 g/mol. The minimum absolute atomic E-state index is 0.235. The van der Waals surface area contributed by atoms with Crippen LogP contribution in [0.15, 0.2) is 18.2 Å². The third-order valence-corrected chi connectivity index (χ3v) is 6.43. The van der Waals surface area contributed by atoms with Crippen LogP contribution < -0.4 is 10.6 Å². The van der Waals surface area contributed by atoms with Crippen molar-refractivity contribution in [1.29, 1.82) is 0 Å². The number of amides is 3. The number of alkyl carbamates (subject to hydrolysis) is 1. The van der Waals surface area contributed by atoms with E-state index in [1.807, 2.05) is 59.1 Å². The predicted octanol–water partition coefficient (Wildman–Crippen LogP) is 5.92. The summed E-state index contributed by atoms with van der Waals surface area (Å²) in [6.07, 6.45) is 4.43. The molecule has 1 aromatic rings. The van der Waals surface area contributed by atoms with Crippen LogP contribution in [0, 0.1) is 13.8 Å². The summed E-state index contributed by atoms with van der Waals surface area (Å²) in [6, 6.07) is 4.27. The van der Waals surface area contributed by atoms with E-state index in [0.29, 0.717) is 18.7 Å². The van der Waals surface area contributed by atoms with E-state index in [0.717, 1.165) is 36.0 Å². The van der Waals surface area contributed by atoms with Gasteiger partial charge < -0.3 is 20.3 Å². The normalized spacial score (nSPS) is 13.5. The van der Waals surface area contributed by atoms with Gasteiger partial charge in [0.25, 0.3) is 0 Å². The topological polar surface area (TPSA) is 87.7 Å². The van der Waals surface area contributed by atoms with E-state index in [-0.39, 0.29) is 11.8 Å². The molecule has 0 fully saturated rings. The third-order valence-electron chi connectivity index (χ3n) is 5.79. The molecule has 1 rings (SSSR count). The predicted molar refractivity (Wildman–Crippen MR) is 154 cm³/mol. The van der Waals surface area contributed by atoms with Crippen LogP contribution in [0.25, 0.3) is 0 Å². The van der Waals surface area contributed by atoms with Crippen molar-refractivity contribution >= 4 is 29.7 Å². The first-order valence-corrected chi connectivity index (χ1v) is 14.7. The highest BCUT2D eigenvalue weighted by Crippen LogP contribution is 2.27. The zero-order valence-corrected chi connectivity index (χ0v) is 25.4. The fraction of sp³-hybridized carbons (Fsp3) is 0.690. The summed E-state index contributed by atoms with van der Waals surface area (Å²) in [5, 5.41) is 5.88. The SMILES string of the molecule is CCCCCN(C(=O)C(CCSC)NC(=O)OC(C)(C)C)C(C(=O)NC(C)(C)C)c1ccc(C)c(C)c1. The van der Waals surface area contributed by atoms with Crippen molar-refractivity contribution in [3.05, 3.63) is 34.9 Å². The van der Waals surface area contributed by atoms with Crippen molar-refractivity contribution in [3.63, 3.8) is 0 Å². The van der Waals surface area contributed by atoms with E-state index >= 15 is 0 Å². The smallest absolute Gasteiger partial charge is 0.408 e. The third kappa shape index (κ3) is 11.8. The van der Waals surface area contributed by atoms with Crippen molar-refractivity contribution in [2.45, 2.75) is 111 Å². The number of nitrogens with zero attached hydrogens (tertiary/aromatic N) is 1. The summed E-state index contributed by atoms with van der Waals surface area (Å²) in [4.78, 5) is 42.2. The second-order valence-electron chi connectivity index (χ2n) is 11.7. The summed E-state index contributed by atoms with van der Waals surface area (Å²) in [7, 11) is 0. The largest absolute Gasteiger partial charge is 0.444 e. The van der Waals surface area contributed by atoms with Crippen molar-refractivity contribution < 1.29 is 19.1 Å². The minimum Gasteiger partial charge on any atom is -0.444 e. The maximum Gasteiger partial charge on any atom is 0.408 e. The fourth-order valence-corrected chi connectivity index (χ4v) is 4.36. The van der Waals surface area contributed by atoms with Gasteiger partial charge in [-0.15, -0.1) is 0 Å². The zero-order valence-electron chi connectivity index (χ0n) is 24.6. The van der Waals surface area contributed by atoms with Crippen LogP contribution >= 0.6 is 11.8 Å². The van der Waals surface area contributed by atoms with Gasteiger partial charge in [-0.3, -0.25) is 9.59 Å². The molecule has 2 N–H and O–H groups in total. The molecule has 7 nitrogen and oxygen atoms in total. The molecule has 37 heavy (non-hydrogen) atoms. The summed E-state index contributed by atoms with van der Waals surface area (Å²) in [5.74, 6) is 0.169. The highest BCUT2D eigenvalue weighted by Gasteiger charge is 2.37. The number of nitrogens with one attached hydrogen (secondary N) is 2. The fourth-order valence-electron chi connectivity index (χ4n) is 3.89. The number of rotatable bonds is 12. The van der Waals surface area contributed by atoms with Gasteiger partial charge in [-0.25, -0.2) is 4.79 Å². The summed E-state index contributed by atoms with van der Waals surface area (Å²) >= 11 is 1.60. The molecule has 0 spiro atoms. The monoisotopic (exact) mass is 535 g/mol. The molecule has 0 radical (unpaired) electrons. The summed E-state index contributed by atoms with van der Waals surface area (Å²) < 4.78 is 5.46. The van der Waals surface area contributed by atoms with Crippen molar-refractivity contribution in [2.75, 3.05) is 18.6 Å². The second kappa shape index (κ2) is 14.6. The Bertz CT molecular complexity index is 905. The Balaban J connectivity index is 3.54. The van der Waals surface area contributed by atoms with Gasteiger partial charge in [-0.1, -0.05) is 38.0 Å². The number of ether oxygens (including phenoxy) is 1. The maximum atomic E-state index is 14.1. The molecule has 0 saturated heterocycles. The number of benzene rings is 1. The van der Waals surface area contributed by atoms with Crippen LogP contribution in [0.1, 0.15) is 96.9 Å². The number of hydrogen-bond acceptors (Lipinski definition) is 5. The Hall–Kier alpha value is -2.22. The molecule has 1 aromatic carbocycles. The number of carbonyl (C=O) groups is 3. The van der Waals surface area contributed by atoms with Crippen LogP contribution in [0.5, 0.6) is 0 Å². The van der Waals surface area contributed by atoms with Crippen LogP contribution in [0.3, 0.4) is 0 Å². The Labute approximate surface area is 228 Å². The van der Waals surface area contributed by atoms with Crippen molar-refractivity contribution in [2.24, 2.45) is 0 Å². The highest BCUT2D eigenvalue weighted by atomic mass is 32.2. The van der Waals surface area contributed by atoms with E-state index in [2.05, 4.69) is 17.6 Å². The van der Waals surface area contributed by atoms with Crippen LogP contribution in [-0.2, 0) is 14.3 Å². The van der Waals surface area contributed by atoms with Gasteiger partial charge in [-0.2, -0.15) is 11.8 Å². The molecule has 2 atom stereocenters. The first-order chi connectivity index (χ1) is 17.1. The van der Waals surface area contributed by atoms with Crippen LogP contribution in [-0.4, -0.2) is 58.5 Å². The number of unbranched alkanes of at least 4 members (excludes halogenated alkanes) is 2. The molecular formula is C29H49N3O4S. The first-order valence-electron chi connectivity index (χ1n) is 13.3.